The Labute approximate surface area is 175 Å². The van der Waals surface area contributed by atoms with Crippen LogP contribution in [0.1, 0.15) is 22.8 Å². The number of rotatable bonds is 5. The molecule has 0 aliphatic rings. The van der Waals surface area contributed by atoms with E-state index >= 15 is 4.39 Å². The Morgan fingerprint density at radius 3 is 2.67 bits per heavy atom. The number of nitriles is 1. The highest BCUT2D eigenvalue weighted by Crippen LogP contribution is 2.39. The highest BCUT2D eigenvalue weighted by Gasteiger charge is 2.40. The molecule has 0 saturated heterocycles. The molecule has 0 aliphatic heterocycles. The van der Waals surface area contributed by atoms with Crippen molar-refractivity contribution in [2.24, 2.45) is 5.73 Å². The maximum absolute atomic E-state index is 15.1. The second-order valence-corrected chi connectivity index (χ2v) is 7.46. The molecule has 1 unspecified atom stereocenters. The number of alkyl halides is 3. The van der Waals surface area contributed by atoms with E-state index in [-0.39, 0.29) is 6.54 Å². The number of pyridine rings is 1. The van der Waals surface area contributed by atoms with E-state index in [9.17, 15) is 23.2 Å². The fourth-order valence-corrected chi connectivity index (χ4v) is 3.29. The number of nitrogens with two attached hydrogens (primary N) is 1. The van der Waals surface area contributed by atoms with E-state index in [1.54, 1.807) is 12.1 Å². The minimum atomic E-state index is -5.15. The standard InChI is InChI=1S/C18H12BrF4N5O2/c1-17(7-24,8-28-6-12-11(27-28)4-9(19)5-26-12)14-13(30-18(21,22)23)3-2-10(15(14)20)16(25)29/h2-6H,8H2,1H3,(H2,25,29). The van der Waals surface area contributed by atoms with Gasteiger partial charge in [-0.05, 0) is 41.1 Å². The van der Waals surface area contributed by atoms with Gasteiger partial charge in [0.25, 0.3) is 5.91 Å². The molecule has 1 aromatic carbocycles. The number of nitrogens with zero attached hydrogens (tertiary/aromatic N) is 4. The maximum Gasteiger partial charge on any atom is 0.573 e. The predicted molar refractivity (Wildman–Crippen MR) is 99.8 cm³/mol. The molecule has 0 fully saturated rings. The van der Waals surface area contributed by atoms with Gasteiger partial charge in [-0.25, -0.2) is 4.39 Å². The number of ether oxygens (including phenoxy) is 1. The van der Waals surface area contributed by atoms with Gasteiger partial charge in [0.05, 0.1) is 29.9 Å². The fourth-order valence-electron chi connectivity index (χ4n) is 2.97. The summed E-state index contributed by atoms with van der Waals surface area (Å²) < 4.78 is 59.4. The maximum atomic E-state index is 15.1. The number of primary amides is 1. The third-order valence-corrected chi connectivity index (χ3v) is 4.68. The summed E-state index contributed by atoms with van der Waals surface area (Å²) in [5, 5.41) is 14.0. The molecule has 0 bridgehead atoms. The van der Waals surface area contributed by atoms with Crippen molar-refractivity contribution in [3.8, 4) is 11.8 Å². The molecule has 1 amide bonds. The van der Waals surface area contributed by atoms with Crippen molar-refractivity contribution in [1.29, 1.82) is 5.26 Å². The molecule has 0 saturated carbocycles. The molecule has 0 spiro atoms. The van der Waals surface area contributed by atoms with Crippen LogP contribution in [0.15, 0.2) is 35.1 Å². The summed E-state index contributed by atoms with van der Waals surface area (Å²) in [5.74, 6) is -3.52. The summed E-state index contributed by atoms with van der Waals surface area (Å²) in [6.07, 6.45) is -2.18. The van der Waals surface area contributed by atoms with Crippen molar-refractivity contribution in [1.82, 2.24) is 14.8 Å². The number of benzene rings is 1. The van der Waals surface area contributed by atoms with Crippen molar-refractivity contribution in [3.63, 3.8) is 0 Å². The van der Waals surface area contributed by atoms with Crippen LogP contribution in [0.2, 0.25) is 0 Å². The van der Waals surface area contributed by atoms with Crippen LogP contribution in [-0.4, -0.2) is 27.0 Å². The highest BCUT2D eigenvalue weighted by atomic mass is 79.9. The number of fused-ring (bicyclic) bond motifs is 1. The van der Waals surface area contributed by atoms with E-state index in [0.717, 1.165) is 12.1 Å². The van der Waals surface area contributed by atoms with Gasteiger partial charge >= 0.3 is 6.36 Å². The molecule has 0 radical (unpaired) electrons. The zero-order valence-corrected chi connectivity index (χ0v) is 16.8. The van der Waals surface area contributed by atoms with Crippen molar-refractivity contribution >= 4 is 32.9 Å². The Balaban J connectivity index is 2.16. The highest BCUT2D eigenvalue weighted by molar-refractivity contribution is 9.10. The number of amides is 1. The zero-order chi connectivity index (χ0) is 22.3. The van der Waals surface area contributed by atoms with Gasteiger partial charge in [0, 0.05) is 10.7 Å². The Bertz CT molecular complexity index is 1190. The summed E-state index contributed by atoms with van der Waals surface area (Å²) in [5.41, 5.74) is 2.68. The van der Waals surface area contributed by atoms with Crippen molar-refractivity contribution in [2.75, 3.05) is 0 Å². The fraction of sp³-hybridized carbons (Fsp3) is 0.222. The molecular weight excluding hydrogens is 474 g/mol. The number of hydrogen-bond donors (Lipinski definition) is 1. The third-order valence-electron chi connectivity index (χ3n) is 4.24. The molecule has 2 N–H and O–H groups in total. The van der Waals surface area contributed by atoms with E-state index in [4.69, 9.17) is 5.73 Å². The van der Waals surface area contributed by atoms with Crippen LogP contribution in [0.5, 0.6) is 5.75 Å². The van der Waals surface area contributed by atoms with Crippen LogP contribution >= 0.6 is 15.9 Å². The number of carbonyl (C=O) groups is 1. The van der Waals surface area contributed by atoms with Crippen LogP contribution in [0.25, 0.3) is 11.0 Å². The van der Waals surface area contributed by atoms with E-state index in [1.165, 1.54) is 24.0 Å². The molecule has 3 rings (SSSR count). The zero-order valence-electron chi connectivity index (χ0n) is 15.2. The third kappa shape index (κ3) is 4.20. The Kier molecular flexibility index (Phi) is 5.42. The summed E-state index contributed by atoms with van der Waals surface area (Å²) in [7, 11) is 0. The van der Waals surface area contributed by atoms with Crippen LogP contribution in [-0.2, 0) is 12.0 Å². The van der Waals surface area contributed by atoms with Crippen LogP contribution < -0.4 is 10.5 Å². The largest absolute Gasteiger partial charge is 0.573 e. The average Bonchev–Trinajstić information content (AvgIpc) is 3.01. The molecule has 30 heavy (non-hydrogen) atoms. The van der Waals surface area contributed by atoms with Gasteiger partial charge < -0.3 is 10.5 Å². The lowest BCUT2D eigenvalue weighted by atomic mass is 9.81. The minimum Gasteiger partial charge on any atom is -0.405 e. The topological polar surface area (TPSA) is 107 Å². The predicted octanol–water partition coefficient (Wildman–Crippen LogP) is 3.81. The SMILES string of the molecule is CC(C#N)(Cn1cc2ncc(Br)cc2n1)c1c(OC(F)(F)F)ccc(C(N)=O)c1F. The van der Waals surface area contributed by atoms with Crippen LogP contribution in [0.4, 0.5) is 17.6 Å². The summed E-state index contributed by atoms with van der Waals surface area (Å²) in [4.78, 5) is 15.6. The molecule has 12 heteroatoms. The van der Waals surface area contributed by atoms with Crippen LogP contribution in [0.3, 0.4) is 0 Å². The number of carbonyl (C=O) groups excluding carboxylic acids is 1. The van der Waals surface area contributed by atoms with Gasteiger partial charge in [0.15, 0.2) is 0 Å². The molecule has 2 aromatic heterocycles. The van der Waals surface area contributed by atoms with Crippen molar-refractivity contribution < 1.29 is 27.1 Å². The lowest BCUT2D eigenvalue weighted by molar-refractivity contribution is -0.275. The van der Waals surface area contributed by atoms with Crippen LogP contribution in [0, 0.1) is 17.1 Å². The lowest BCUT2D eigenvalue weighted by Gasteiger charge is -2.26. The second kappa shape index (κ2) is 7.56. The number of hydrogen-bond acceptors (Lipinski definition) is 5. The second-order valence-electron chi connectivity index (χ2n) is 6.54. The summed E-state index contributed by atoms with van der Waals surface area (Å²) >= 11 is 3.24. The first kappa shape index (κ1) is 21.5. The number of aromatic nitrogens is 3. The van der Waals surface area contributed by atoms with Gasteiger partial charge in [-0.15, -0.1) is 13.2 Å². The normalized spacial score (nSPS) is 13.6. The average molecular weight is 486 g/mol. The molecule has 0 aliphatic carbocycles. The lowest BCUT2D eigenvalue weighted by Crippen LogP contribution is -2.31. The number of halogens is 5. The first-order valence-corrected chi connectivity index (χ1v) is 9.01. The molecule has 1 atom stereocenters. The summed E-state index contributed by atoms with van der Waals surface area (Å²) in [6, 6.07) is 4.97. The van der Waals surface area contributed by atoms with Gasteiger partial charge in [-0.2, -0.15) is 10.4 Å². The molecule has 2 heterocycles. The first-order valence-electron chi connectivity index (χ1n) is 8.22. The van der Waals surface area contributed by atoms with Gasteiger partial charge in [0.2, 0.25) is 0 Å². The van der Waals surface area contributed by atoms with E-state index in [2.05, 4.69) is 30.7 Å². The van der Waals surface area contributed by atoms with Gasteiger partial charge in [-0.3, -0.25) is 14.5 Å². The Hall–Kier alpha value is -3.20. The molecule has 3 aromatic rings. The summed E-state index contributed by atoms with van der Waals surface area (Å²) in [6.45, 7) is 0.847. The van der Waals surface area contributed by atoms with E-state index in [1.807, 2.05) is 0 Å². The smallest absolute Gasteiger partial charge is 0.405 e. The van der Waals surface area contributed by atoms with E-state index in [0.29, 0.717) is 15.5 Å². The van der Waals surface area contributed by atoms with E-state index < -0.39 is 40.4 Å². The quantitative estimate of drug-likeness (QED) is 0.553. The Morgan fingerprint density at radius 1 is 1.37 bits per heavy atom. The molecule has 7 nitrogen and oxygen atoms in total. The van der Waals surface area contributed by atoms with Gasteiger partial charge in [0.1, 0.15) is 28.0 Å². The molecular formula is C18H12BrF4N5O2. The first-order chi connectivity index (χ1) is 13.9. The monoisotopic (exact) mass is 485 g/mol. The van der Waals surface area contributed by atoms with Gasteiger partial charge in [-0.1, -0.05) is 0 Å². The van der Waals surface area contributed by atoms with Crippen molar-refractivity contribution in [3.05, 3.63) is 52.0 Å². The minimum absolute atomic E-state index is 0.356. The van der Waals surface area contributed by atoms with Crippen molar-refractivity contribution in [2.45, 2.75) is 25.2 Å². The Morgan fingerprint density at radius 2 is 2.07 bits per heavy atom. The molecule has 156 valence electrons.